The average Bonchev–Trinajstić information content (AvgIpc) is 2.35. The molecule has 0 aromatic rings. The van der Waals surface area contributed by atoms with Crippen molar-refractivity contribution in [3.8, 4) is 6.19 Å². The third kappa shape index (κ3) is 2.33. The lowest BCUT2D eigenvalue weighted by molar-refractivity contribution is -0.0625. The summed E-state index contributed by atoms with van der Waals surface area (Å²) >= 11 is 1.55. The first-order valence-electron chi connectivity index (χ1n) is 5.76. The van der Waals surface area contributed by atoms with Crippen molar-refractivity contribution in [3.05, 3.63) is 0 Å². The smallest absolute Gasteiger partial charge is 0.208 e. The molecular formula is C11H17N3OS. The minimum absolute atomic E-state index is 0.346. The van der Waals surface area contributed by atoms with E-state index in [0.29, 0.717) is 12.1 Å². The second kappa shape index (κ2) is 5.55. The Morgan fingerprint density at radius 1 is 1.50 bits per heavy atom. The zero-order valence-corrected chi connectivity index (χ0v) is 10.4. The van der Waals surface area contributed by atoms with Gasteiger partial charge in [0.05, 0.1) is 18.8 Å². The Morgan fingerprint density at radius 2 is 2.31 bits per heavy atom. The molecule has 1 saturated heterocycles. The van der Waals surface area contributed by atoms with Gasteiger partial charge in [-0.2, -0.15) is 5.26 Å². The van der Waals surface area contributed by atoms with Crippen molar-refractivity contribution in [3.63, 3.8) is 0 Å². The summed E-state index contributed by atoms with van der Waals surface area (Å²) in [5, 5.41) is 9.54. The molecule has 2 unspecified atom stereocenters. The Balaban J connectivity index is 2.13. The van der Waals surface area contributed by atoms with Crippen LogP contribution in [0.3, 0.4) is 0 Å². The molecule has 0 aromatic carbocycles. The molecule has 1 heterocycles. The molecule has 1 aliphatic carbocycles. The standard InChI is InChI=1S/C11H17N3OS/c1-16-11(13-8-12)14-6-7-15-10-5-3-2-4-9(10)14/h9-10H,2-7H2,1H3. The molecule has 0 N–H and O–H groups in total. The van der Waals surface area contributed by atoms with Crippen molar-refractivity contribution in [2.75, 3.05) is 19.4 Å². The Morgan fingerprint density at radius 3 is 3.06 bits per heavy atom. The summed E-state index contributed by atoms with van der Waals surface area (Å²) in [5.74, 6) is 0. The summed E-state index contributed by atoms with van der Waals surface area (Å²) in [6, 6.07) is 0.432. The van der Waals surface area contributed by atoms with Gasteiger partial charge in [-0.15, -0.1) is 4.99 Å². The highest BCUT2D eigenvalue weighted by Crippen LogP contribution is 2.29. The van der Waals surface area contributed by atoms with Gasteiger partial charge in [-0.1, -0.05) is 24.6 Å². The van der Waals surface area contributed by atoms with Gasteiger partial charge in [0, 0.05) is 6.54 Å². The quantitative estimate of drug-likeness (QED) is 0.367. The van der Waals surface area contributed by atoms with Crippen molar-refractivity contribution in [2.24, 2.45) is 4.99 Å². The molecular weight excluding hydrogens is 222 g/mol. The third-order valence-electron chi connectivity index (χ3n) is 3.31. The molecule has 88 valence electrons. The first-order valence-corrected chi connectivity index (χ1v) is 6.98. The topological polar surface area (TPSA) is 48.6 Å². The first-order chi connectivity index (χ1) is 7.86. The molecule has 16 heavy (non-hydrogen) atoms. The Hall–Kier alpha value is -0.730. The van der Waals surface area contributed by atoms with E-state index in [1.807, 2.05) is 12.4 Å². The summed E-state index contributed by atoms with van der Waals surface area (Å²) in [7, 11) is 0. The minimum atomic E-state index is 0.346. The number of aliphatic imine (C=N–C) groups is 1. The van der Waals surface area contributed by atoms with Crippen LogP contribution in [0.2, 0.25) is 0 Å². The molecule has 1 saturated carbocycles. The maximum Gasteiger partial charge on any atom is 0.208 e. The van der Waals surface area contributed by atoms with Crippen LogP contribution in [-0.2, 0) is 4.74 Å². The van der Waals surface area contributed by atoms with Crippen LogP contribution < -0.4 is 0 Å². The second-order valence-electron chi connectivity index (χ2n) is 4.15. The predicted molar refractivity (Wildman–Crippen MR) is 65.3 cm³/mol. The van der Waals surface area contributed by atoms with Gasteiger partial charge in [0.2, 0.25) is 6.19 Å². The number of fused-ring (bicyclic) bond motifs is 1. The third-order valence-corrected chi connectivity index (χ3v) is 4.00. The van der Waals surface area contributed by atoms with Gasteiger partial charge in [-0.25, -0.2) is 0 Å². The van der Waals surface area contributed by atoms with Crippen LogP contribution in [0, 0.1) is 11.5 Å². The highest BCUT2D eigenvalue weighted by molar-refractivity contribution is 8.13. The second-order valence-corrected chi connectivity index (χ2v) is 4.93. The van der Waals surface area contributed by atoms with E-state index in [1.165, 1.54) is 12.8 Å². The summed E-state index contributed by atoms with van der Waals surface area (Å²) in [6.07, 6.45) is 9.05. The van der Waals surface area contributed by atoms with Crippen molar-refractivity contribution in [1.82, 2.24) is 4.90 Å². The average molecular weight is 239 g/mol. The first kappa shape index (κ1) is 11.7. The summed E-state index contributed by atoms with van der Waals surface area (Å²) < 4.78 is 5.80. The molecule has 1 aliphatic heterocycles. The van der Waals surface area contributed by atoms with Crippen LogP contribution in [0.25, 0.3) is 0 Å². The fourth-order valence-corrected chi connectivity index (χ4v) is 3.20. The van der Waals surface area contributed by atoms with E-state index >= 15 is 0 Å². The lowest BCUT2D eigenvalue weighted by Gasteiger charge is -2.44. The number of amidine groups is 1. The number of nitrogens with zero attached hydrogens (tertiary/aromatic N) is 3. The predicted octanol–water partition coefficient (Wildman–Crippen LogP) is 1.83. The number of nitriles is 1. The molecule has 5 heteroatoms. The Kier molecular flexibility index (Phi) is 4.08. The highest BCUT2D eigenvalue weighted by atomic mass is 32.2. The lowest BCUT2D eigenvalue weighted by Crippen LogP contribution is -2.54. The Bertz CT molecular complexity index is 311. The van der Waals surface area contributed by atoms with Crippen molar-refractivity contribution in [1.29, 1.82) is 5.26 Å². The molecule has 0 bridgehead atoms. The zero-order chi connectivity index (χ0) is 11.4. The van der Waals surface area contributed by atoms with Gasteiger partial charge < -0.3 is 9.64 Å². The fraction of sp³-hybridized carbons (Fsp3) is 0.818. The van der Waals surface area contributed by atoms with Crippen LogP contribution in [-0.4, -0.2) is 41.6 Å². The normalized spacial score (nSPS) is 30.8. The highest BCUT2D eigenvalue weighted by Gasteiger charge is 2.35. The van der Waals surface area contributed by atoms with Crippen LogP contribution in [0.5, 0.6) is 0 Å². The van der Waals surface area contributed by atoms with Crippen molar-refractivity contribution in [2.45, 2.75) is 37.8 Å². The van der Waals surface area contributed by atoms with E-state index in [9.17, 15) is 0 Å². The Labute approximate surface area is 101 Å². The largest absolute Gasteiger partial charge is 0.374 e. The zero-order valence-electron chi connectivity index (χ0n) is 9.56. The van der Waals surface area contributed by atoms with Gasteiger partial charge in [0.25, 0.3) is 0 Å². The molecule has 0 amide bonds. The minimum Gasteiger partial charge on any atom is -0.374 e. The van der Waals surface area contributed by atoms with Gasteiger partial charge in [-0.3, -0.25) is 0 Å². The number of rotatable bonds is 0. The molecule has 0 radical (unpaired) electrons. The van der Waals surface area contributed by atoms with Crippen LogP contribution in [0.1, 0.15) is 25.7 Å². The maximum absolute atomic E-state index is 8.69. The molecule has 2 aliphatic rings. The molecule has 2 atom stereocenters. The van der Waals surface area contributed by atoms with Gasteiger partial charge in [0.1, 0.15) is 0 Å². The lowest BCUT2D eigenvalue weighted by atomic mass is 9.90. The van der Waals surface area contributed by atoms with E-state index in [0.717, 1.165) is 31.2 Å². The van der Waals surface area contributed by atoms with Crippen molar-refractivity contribution >= 4 is 16.9 Å². The van der Waals surface area contributed by atoms with Crippen LogP contribution >= 0.6 is 11.8 Å². The maximum atomic E-state index is 8.69. The molecule has 0 spiro atoms. The number of hydrogen-bond donors (Lipinski definition) is 0. The summed E-state index contributed by atoms with van der Waals surface area (Å²) in [4.78, 5) is 6.18. The van der Waals surface area contributed by atoms with Gasteiger partial charge >= 0.3 is 0 Å². The number of ether oxygens (including phenoxy) is 1. The fourth-order valence-electron chi connectivity index (χ4n) is 2.60. The van der Waals surface area contributed by atoms with E-state index in [1.54, 1.807) is 11.8 Å². The van der Waals surface area contributed by atoms with Gasteiger partial charge in [-0.05, 0) is 19.1 Å². The summed E-state index contributed by atoms with van der Waals surface area (Å²) in [6.45, 7) is 1.62. The van der Waals surface area contributed by atoms with Crippen LogP contribution in [0.4, 0.5) is 0 Å². The van der Waals surface area contributed by atoms with Crippen LogP contribution in [0.15, 0.2) is 4.99 Å². The number of hydrogen-bond acceptors (Lipinski definition) is 4. The van der Waals surface area contributed by atoms with E-state index in [4.69, 9.17) is 10.00 Å². The van der Waals surface area contributed by atoms with Gasteiger partial charge in [0.15, 0.2) is 5.17 Å². The van der Waals surface area contributed by atoms with Crippen molar-refractivity contribution < 1.29 is 4.74 Å². The molecule has 0 aromatic heterocycles. The molecule has 4 nitrogen and oxygen atoms in total. The molecule has 2 fully saturated rings. The number of morpholine rings is 1. The number of thioether (sulfide) groups is 1. The SMILES string of the molecule is CSC(=NC#N)N1CCOC2CCCCC21. The van der Waals surface area contributed by atoms with E-state index in [2.05, 4.69) is 9.89 Å². The summed E-state index contributed by atoms with van der Waals surface area (Å²) in [5.41, 5.74) is 0. The monoisotopic (exact) mass is 239 g/mol. The van der Waals surface area contributed by atoms with E-state index < -0.39 is 0 Å². The van der Waals surface area contributed by atoms with E-state index in [-0.39, 0.29) is 0 Å². The molecule has 2 rings (SSSR count).